The normalized spacial score (nSPS) is 11.5. The Labute approximate surface area is 160 Å². The molecule has 0 saturated heterocycles. The van der Waals surface area contributed by atoms with Crippen LogP contribution in [-0.2, 0) is 0 Å². The number of halogens is 1. The molecule has 26 heavy (non-hydrogen) atoms. The van der Waals surface area contributed by atoms with Crippen molar-refractivity contribution < 1.29 is 19.2 Å². The van der Waals surface area contributed by atoms with Gasteiger partial charge in [0.15, 0.2) is 11.5 Å². The minimum atomic E-state index is -0.598. The number of rotatable bonds is 9. The van der Waals surface area contributed by atoms with Gasteiger partial charge in [0.1, 0.15) is 5.56 Å². The molecule has 0 spiro atoms. The van der Waals surface area contributed by atoms with Gasteiger partial charge in [-0.15, -0.1) is 12.4 Å². The fourth-order valence-corrected chi connectivity index (χ4v) is 2.28. The van der Waals surface area contributed by atoms with Gasteiger partial charge < -0.3 is 20.1 Å². The number of hydrogen-bond donors (Lipinski definition) is 1. The van der Waals surface area contributed by atoms with Crippen molar-refractivity contribution in [2.45, 2.75) is 33.2 Å². The van der Waals surface area contributed by atoms with Crippen molar-refractivity contribution in [1.29, 1.82) is 0 Å². The maximum atomic E-state index is 12.7. The van der Waals surface area contributed by atoms with E-state index >= 15 is 0 Å². The molecule has 1 atom stereocenters. The molecule has 0 bridgehead atoms. The van der Waals surface area contributed by atoms with Crippen LogP contribution in [0.15, 0.2) is 12.1 Å². The molecule has 0 aliphatic heterocycles. The molecule has 1 rings (SSSR count). The van der Waals surface area contributed by atoms with Crippen molar-refractivity contribution in [3.8, 4) is 11.5 Å². The number of ether oxygens (including phenoxy) is 2. The van der Waals surface area contributed by atoms with Crippen LogP contribution in [0.5, 0.6) is 11.5 Å². The molecule has 148 valence electrons. The second-order valence-corrected chi connectivity index (χ2v) is 6.13. The van der Waals surface area contributed by atoms with Crippen LogP contribution in [0.4, 0.5) is 5.69 Å². The number of hydrogen-bond acceptors (Lipinski definition) is 6. The highest BCUT2D eigenvalue weighted by molar-refractivity contribution is 5.99. The topological polar surface area (TPSA) is 108 Å². The molecule has 0 aliphatic carbocycles. The van der Waals surface area contributed by atoms with Crippen LogP contribution >= 0.6 is 12.4 Å². The van der Waals surface area contributed by atoms with Crippen molar-refractivity contribution in [3.05, 3.63) is 27.8 Å². The summed E-state index contributed by atoms with van der Waals surface area (Å²) in [5.41, 5.74) is 5.65. The second kappa shape index (κ2) is 10.8. The fraction of sp³-hybridized carbons (Fsp3) is 0.588. The Kier molecular flexibility index (Phi) is 9.97. The van der Waals surface area contributed by atoms with Crippen molar-refractivity contribution >= 4 is 24.0 Å². The Bertz CT molecular complexity index is 625. The van der Waals surface area contributed by atoms with E-state index < -0.39 is 10.8 Å². The van der Waals surface area contributed by atoms with Crippen LogP contribution in [0.25, 0.3) is 0 Å². The third-order valence-electron chi connectivity index (χ3n) is 4.01. The first kappa shape index (κ1) is 23.9. The Morgan fingerprint density at radius 3 is 2.42 bits per heavy atom. The smallest absolute Gasteiger partial charge is 0.286 e. The lowest BCUT2D eigenvalue weighted by Crippen LogP contribution is -2.34. The highest BCUT2D eigenvalue weighted by Crippen LogP contribution is 2.35. The molecule has 1 aromatic rings. The number of nitrogens with zero attached hydrogens (tertiary/aromatic N) is 2. The van der Waals surface area contributed by atoms with Gasteiger partial charge in [-0.1, -0.05) is 13.8 Å². The Hall–Kier alpha value is -2.06. The van der Waals surface area contributed by atoms with Gasteiger partial charge in [0.05, 0.1) is 24.7 Å². The average Bonchev–Trinajstić information content (AvgIpc) is 2.58. The van der Waals surface area contributed by atoms with Crippen LogP contribution in [0.3, 0.4) is 0 Å². The number of carbonyl (C=O) groups is 1. The number of amides is 1. The third kappa shape index (κ3) is 6.03. The number of nitro benzene ring substituents is 1. The van der Waals surface area contributed by atoms with E-state index in [0.29, 0.717) is 31.2 Å². The molecular formula is C17H28ClN3O5. The fourth-order valence-electron chi connectivity index (χ4n) is 2.28. The molecule has 0 fully saturated rings. The Balaban J connectivity index is 0.00000625. The lowest BCUT2D eigenvalue weighted by molar-refractivity contribution is -0.385. The molecular weight excluding hydrogens is 362 g/mol. The van der Waals surface area contributed by atoms with Gasteiger partial charge in [0.25, 0.3) is 11.6 Å². The Morgan fingerprint density at radius 2 is 1.96 bits per heavy atom. The van der Waals surface area contributed by atoms with Crippen LogP contribution in [0, 0.1) is 16.0 Å². The van der Waals surface area contributed by atoms with Gasteiger partial charge in [-0.05, 0) is 19.3 Å². The van der Waals surface area contributed by atoms with E-state index in [1.807, 2.05) is 13.8 Å². The standard InChI is InChI=1S/C17H27N3O5.ClH/c1-6-25-16-9-12(14(20(22)23)10-15(16)24-5)17(21)19(4)8-7-13(18)11(2)3;/h9-11,13H,6-8,18H2,1-5H3;1H. The summed E-state index contributed by atoms with van der Waals surface area (Å²) in [4.78, 5) is 24.9. The van der Waals surface area contributed by atoms with Crippen LogP contribution in [0.1, 0.15) is 37.6 Å². The summed E-state index contributed by atoms with van der Waals surface area (Å²) in [5, 5.41) is 11.4. The molecule has 0 aromatic heterocycles. The van der Waals surface area contributed by atoms with Crippen LogP contribution in [-0.4, -0.2) is 49.1 Å². The first-order valence-corrected chi connectivity index (χ1v) is 8.23. The molecule has 0 saturated carbocycles. The van der Waals surface area contributed by atoms with E-state index in [4.69, 9.17) is 15.2 Å². The third-order valence-corrected chi connectivity index (χ3v) is 4.01. The monoisotopic (exact) mass is 389 g/mol. The van der Waals surface area contributed by atoms with E-state index in [2.05, 4.69) is 0 Å². The summed E-state index contributed by atoms with van der Waals surface area (Å²) in [5.74, 6) is 0.357. The highest BCUT2D eigenvalue weighted by Gasteiger charge is 2.27. The molecule has 0 aliphatic rings. The molecule has 0 heterocycles. The van der Waals surface area contributed by atoms with E-state index in [-0.39, 0.29) is 35.4 Å². The summed E-state index contributed by atoms with van der Waals surface area (Å²) in [6, 6.07) is 2.54. The second-order valence-electron chi connectivity index (χ2n) is 6.13. The van der Waals surface area contributed by atoms with E-state index in [1.54, 1.807) is 14.0 Å². The summed E-state index contributed by atoms with van der Waals surface area (Å²) in [6.45, 7) is 6.55. The lowest BCUT2D eigenvalue weighted by atomic mass is 10.0. The molecule has 2 N–H and O–H groups in total. The quantitative estimate of drug-likeness (QED) is 0.513. The van der Waals surface area contributed by atoms with Crippen molar-refractivity contribution in [2.75, 3.05) is 27.3 Å². The van der Waals surface area contributed by atoms with Gasteiger partial charge in [-0.2, -0.15) is 0 Å². The number of methoxy groups -OCH3 is 1. The van der Waals surface area contributed by atoms with E-state index in [0.717, 1.165) is 0 Å². The highest BCUT2D eigenvalue weighted by atomic mass is 35.5. The van der Waals surface area contributed by atoms with Crippen LogP contribution in [0.2, 0.25) is 0 Å². The van der Waals surface area contributed by atoms with E-state index in [1.165, 1.54) is 24.1 Å². The average molecular weight is 390 g/mol. The Morgan fingerprint density at radius 1 is 1.35 bits per heavy atom. The van der Waals surface area contributed by atoms with Crippen molar-refractivity contribution in [2.24, 2.45) is 11.7 Å². The van der Waals surface area contributed by atoms with Gasteiger partial charge in [0, 0.05) is 25.7 Å². The summed E-state index contributed by atoms with van der Waals surface area (Å²) >= 11 is 0. The lowest BCUT2D eigenvalue weighted by Gasteiger charge is -2.22. The number of benzene rings is 1. The molecule has 9 heteroatoms. The first-order chi connectivity index (χ1) is 11.7. The molecule has 1 amide bonds. The zero-order valence-electron chi connectivity index (χ0n) is 15.9. The predicted octanol–water partition coefficient (Wildman–Crippen LogP) is 2.87. The number of nitrogens with two attached hydrogens (primary N) is 1. The number of carbonyl (C=O) groups excluding carboxylic acids is 1. The minimum absolute atomic E-state index is 0. The first-order valence-electron chi connectivity index (χ1n) is 8.23. The van der Waals surface area contributed by atoms with E-state index in [9.17, 15) is 14.9 Å². The largest absolute Gasteiger partial charge is 0.493 e. The van der Waals surface area contributed by atoms with Gasteiger partial charge >= 0.3 is 0 Å². The molecule has 1 aromatic carbocycles. The summed E-state index contributed by atoms with van der Waals surface area (Å²) in [6.07, 6.45) is 0.613. The SMILES string of the molecule is CCOc1cc(C(=O)N(C)CCC(N)C(C)C)c([N+](=O)[O-])cc1OC.Cl. The van der Waals surface area contributed by atoms with Gasteiger partial charge in [-0.3, -0.25) is 14.9 Å². The maximum absolute atomic E-state index is 12.7. The zero-order chi connectivity index (χ0) is 19.1. The van der Waals surface area contributed by atoms with Gasteiger partial charge in [0.2, 0.25) is 0 Å². The van der Waals surface area contributed by atoms with Crippen molar-refractivity contribution in [3.63, 3.8) is 0 Å². The minimum Gasteiger partial charge on any atom is -0.493 e. The number of nitro groups is 1. The predicted molar refractivity (Wildman–Crippen MR) is 102 cm³/mol. The summed E-state index contributed by atoms with van der Waals surface area (Å²) in [7, 11) is 2.99. The molecule has 8 nitrogen and oxygen atoms in total. The molecule has 1 unspecified atom stereocenters. The van der Waals surface area contributed by atoms with Crippen LogP contribution < -0.4 is 15.2 Å². The zero-order valence-corrected chi connectivity index (χ0v) is 16.7. The van der Waals surface area contributed by atoms with Gasteiger partial charge in [-0.25, -0.2) is 0 Å². The maximum Gasteiger partial charge on any atom is 0.286 e. The molecule has 0 radical (unpaired) electrons. The van der Waals surface area contributed by atoms with Crippen molar-refractivity contribution in [1.82, 2.24) is 4.90 Å². The summed E-state index contributed by atoms with van der Waals surface area (Å²) < 4.78 is 10.5.